The third-order valence-corrected chi connectivity index (χ3v) is 6.41. The first-order valence-electron chi connectivity index (χ1n) is 9.82. The van der Waals surface area contributed by atoms with Crippen LogP contribution in [0.3, 0.4) is 0 Å². The summed E-state index contributed by atoms with van der Waals surface area (Å²) in [6.07, 6.45) is 0.458. The minimum atomic E-state index is -1.69. The molecule has 0 fully saturated rings. The molecule has 1 atom stereocenters. The molecule has 0 N–H and O–H groups in total. The van der Waals surface area contributed by atoms with Gasteiger partial charge in [0.05, 0.1) is 13.7 Å². The molecular weight excluding hydrogens is 511 g/mol. The molecule has 0 saturated carbocycles. The van der Waals surface area contributed by atoms with Crippen LogP contribution in [-0.4, -0.2) is 25.5 Å². The van der Waals surface area contributed by atoms with Crippen molar-refractivity contribution in [2.45, 2.75) is 45.8 Å². The molecule has 0 aliphatic carbocycles. The minimum absolute atomic E-state index is 0.176. The summed E-state index contributed by atoms with van der Waals surface area (Å²) in [6, 6.07) is 11.5. The number of aryl methyl sites for hydroxylation is 2. The van der Waals surface area contributed by atoms with E-state index in [4.69, 9.17) is 22.1 Å². The van der Waals surface area contributed by atoms with E-state index in [2.05, 4.69) is 22.6 Å². The lowest BCUT2D eigenvalue weighted by molar-refractivity contribution is -0.152. The van der Waals surface area contributed by atoms with Gasteiger partial charge in [0.15, 0.2) is 10.5 Å². The summed E-state index contributed by atoms with van der Waals surface area (Å²) in [6.45, 7) is 9.40. The van der Waals surface area contributed by atoms with Crippen molar-refractivity contribution in [3.8, 4) is 5.75 Å². The summed E-state index contributed by atoms with van der Waals surface area (Å²) in [5.41, 5.74) is 2.42. The molecular formula is C24H29IO4S. The minimum Gasteiger partial charge on any atom is -0.497 e. The van der Waals surface area contributed by atoms with E-state index in [1.54, 1.807) is 14.0 Å². The molecule has 6 heteroatoms. The number of hydrogen-bond acceptors (Lipinski definition) is 5. The largest absolute Gasteiger partial charge is 0.497 e. The van der Waals surface area contributed by atoms with Crippen LogP contribution >= 0.6 is 35.2 Å². The van der Waals surface area contributed by atoms with Crippen LogP contribution in [0.2, 0.25) is 0 Å². The fourth-order valence-electron chi connectivity index (χ4n) is 3.85. The quantitative estimate of drug-likeness (QED) is 0.210. The molecule has 2 rings (SSSR count). The number of rotatable bonds is 8. The Balaban J connectivity index is 2.55. The topological polar surface area (TPSA) is 52.6 Å². The molecule has 162 valence electrons. The SMILES string of the molecule is CCOC(=O)C(S)(C(=O)C(C)(C)Cc1ccc(OC)cc1)c1c(C)cc(I)cc1C. The number of benzene rings is 2. The highest BCUT2D eigenvalue weighted by molar-refractivity contribution is 14.1. The zero-order valence-corrected chi connectivity index (χ0v) is 21.4. The van der Waals surface area contributed by atoms with Gasteiger partial charge in [-0.3, -0.25) is 4.79 Å². The lowest BCUT2D eigenvalue weighted by Crippen LogP contribution is -2.48. The van der Waals surface area contributed by atoms with Gasteiger partial charge in [0, 0.05) is 8.99 Å². The Labute approximate surface area is 198 Å². The first kappa shape index (κ1) is 24.7. The van der Waals surface area contributed by atoms with Crippen molar-refractivity contribution < 1.29 is 19.1 Å². The Morgan fingerprint density at radius 3 is 2.07 bits per heavy atom. The number of halogens is 1. The summed E-state index contributed by atoms with van der Waals surface area (Å²) in [4.78, 5) is 27.1. The number of Topliss-reactive ketones (excluding diaryl/α,β-unsaturated/α-hetero) is 1. The highest BCUT2D eigenvalue weighted by Crippen LogP contribution is 2.43. The lowest BCUT2D eigenvalue weighted by Gasteiger charge is -2.35. The predicted molar refractivity (Wildman–Crippen MR) is 131 cm³/mol. The summed E-state index contributed by atoms with van der Waals surface area (Å²) < 4.78 is 9.90. The Hall–Kier alpha value is -1.54. The maximum absolute atomic E-state index is 13.9. The number of carbonyl (C=O) groups excluding carboxylic acids is 2. The van der Waals surface area contributed by atoms with Gasteiger partial charge in [0.2, 0.25) is 0 Å². The molecule has 0 saturated heterocycles. The van der Waals surface area contributed by atoms with Crippen LogP contribution in [0.1, 0.15) is 43.0 Å². The summed E-state index contributed by atoms with van der Waals surface area (Å²) in [5, 5.41) is 0. The smallest absolute Gasteiger partial charge is 0.334 e. The van der Waals surface area contributed by atoms with Crippen LogP contribution in [0.25, 0.3) is 0 Å². The predicted octanol–water partition coefficient (Wildman–Crippen LogP) is 5.44. The number of hydrogen-bond donors (Lipinski definition) is 1. The Morgan fingerprint density at radius 2 is 1.60 bits per heavy atom. The summed E-state index contributed by atoms with van der Waals surface area (Å²) >= 11 is 6.98. The molecule has 2 aromatic rings. The summed E-state index contributed by atoms with van der Waals surface area (Å²) in [7, 11) is 1.61. The van der Waals surface area contributed by atoms with Crippen molar-refractivity contribution in [3.63, 3.8) is 0 Å². The molecule has 0 aromatic heterocycles. The third kappa shape index (κ3) is 5.02. The fraction of sp³-hybridized carbons (Fsp3) is 0.417. The molecule has 0 spiro atoms. The zero-order valence-electron chi connectivity index (χ0n) is 18.3. The molecule has 2 aromatic carbocycles. The maximum Gasteiger partial charge on any atom is 0.334 e. The third-order valence-electron chi connectivity index (χ3n) is 5.18. The Bertz CT molecular complexity index is 914. The Morgan fingerprint density at radius 1 is 1.07 bits per heavy atom. The van der Waals surface area contributed by atoms with Gasteiger partial charge >= 0.3 is 5.97 Å². The first-order chi connectivity index (χ1) is 14.0. The fourth-order valence-corrected chi connectivity index (χ4v) is 5.50. The van der Waals surface area contributed by atoms with Gasteiger partial charge in [-0.15, -0.1) is 12.6 Å². The molecule has 0 bridgehead atoms. The standard InChI is InChI=1S/C24H29IO4S/c1-7-29-22(27)24(30,20-15(2)12-18(25)13-16(20)3)21(26)23(4,5)14-17-8-10-19(28-6)11-9-17/h8-13,30H,7,14H2,1-6H3. The van der Waals surface area contributed by atoms with Crippen LogP contribution in [0, 0.1) is 22.8 Å². The van der Waals surface area contributed by atoms with E-state index >= 15 is 0 Å². The van der Waals surface area contributed by atoms with Gasteiger partial charge in [0.25, 0.3) is 0 Å². The second-order valence-corrected chi connectivity index (χ2v) is 10.00. The van der Waals surface area contributed by atoms with Crippen LogP contribution < -0.4 is 4.74 Å². The maximum atomic E-state index is 13.9. The van der Waals surface area contributed by atoms with Gasteiger partial charge in [-0.05, 0) is 96.3 Å². The Kier molecular flexibility index (Phi) is 8.02. The van der Waals surface area contributed by atoms with Gasteiger partial charge in [-0.25, -0.2) is 4.79 Å². The lowest BCUT2D eigenvalue weighted by atomic mass is 9.72. The molecule has 0 heterocycles. The van der Waals surface area contributed by atoms with E-state index in [1.807, 2.05) is 64.1 Å². The van der Waals surface area contributed by atoms with Crippen molar-refractivity contribution >= 4 is 47.0 Å². The van der Waals surface area contributed by atoms with Crippen molar-refractivity contribution in [1.29, 1.82) is 0 Å². The van der Waals surface area contributed by atoms with Crippen LogP contribution in [0.5, 0.6) is 5.75 Å². The molecule has 30 heavy (non-hydrogen) atoms. The van der Waals surface area contributed by atoms with Crippen molar-refractivity contribution in [1.82, 2.24) is 0 Å². The normalized spacial score (nSPS) is 13.5. The zero-order chi connectivity index (χ0) is 22.7. The van der Waals surface area contributed by atoms with Gasteiger partial charge < -0.3 is 9.47 Å². The molecule has 0 amide bonds. The van der Waals surface area contributed by atoms with Crippen molar-refractivity contribution in [2.24, 2.45) is 5.41 Å². The molecule has 4 nitrogen and oxygen atoms in total. The number of thiol groups is 1. The second kappa shape index (κ2) is 9.73. The second-order valence-electron chi connectivity index (χ2n) is 8.08. The van der Waals surface area contributed by atoms with E-state index in [1.165, 1.54) is 0 Å². The van der Waals surface area contributed by atoms with Gasteiger partial charge in [0.1, 0.15) is 5.75 Å². The van der Waals surface area contributed by atoms with Crippen LogP contribution in [0.4, 0.5) is 0 Å². The molecule has 0 aliphatic heterocycles. The molecule has 1 unspecified atom stereocenters. The van der Waals surface area contributed by atoms with Crippen LogP contribution in [-0.2, 0) is 25.5 Å². The number of methoxy groups -OCH3 is 1. The molecule has 0 radical (unpaired) electrons. The van der Waals surface area contributed by atoms with Crippen molar-refractivity contribution in [3.05, 3.63) is 62.2 Å². The summed E-state index contributed by atoms with van der Waals surface area (Å²) in [5.74, 6) is -0.156. The highest BCUT2D eigenvalue weighted by atomic mass is 127. The molecule has 0 aliphatic rings. The van der Waals surface area contributed by atoms with E-state index in [0.29, 0.717) is 12.0 Å². The van der Waals surface area contributed by atoms with E-state index in [-0.39, 0.29) is 12.4 Å². The van der Waals surface area contributed by atoms with E-state index in [9.17, 15) is 9.59 Å². The number of esters is 1. The van der Waals surface area contributed by atoms with Gasteiger partial charge in [-0.1, -0.05) is 26.0 Å². The average Bonchev–Trinajstić information content (AvgIpc) is 2.66. The average molecular weight is 540 g/mol. The number of ether oxygens (including phenoxy) is 2. The number of ketones is 1. The van der Waals surface area contributed by atoms with Crippen molar-refractivity contribution in [2.75, 3.05) is 13.7 Å². The monoisotopic (exact) mass is 540 g/mol. The van der Waals surface area contributed by atoms with E-state index in [0.717, 1.165) is 26.0 Å². The number of carbonyl (C=O) groups is 2. The van der Waals surface area contributed by atoms with Crippen LogP contribution in [0.15, 0.2) is 36.4 Å². The van der Waals surface area contributed by atoms with E-state index < -0.39 is 16.1 Å². The first-order valence-corrected chi connectivity index (χ1v) is 11.3. The van der Waals surface area contributed by atoms with Gasteiger partial charge in [-0.2, -0.15) is 0 Å². The highest BCUT2D eigenvalue weighted by Gasteiger charge is 2.52.